The maximum absolute atomic E-state index is 11.3. The minimum atomic E-state index is -1.18. The van der Waals surface area contributed by atoms with Gasteiger partial charge in [0.05, 0.1) is 0 Å². The third-order valence-corrected chi connectivity index (χ3v) is 8.19. The molecule has 0 fully saturated rings. The average molecular weight is 435 g/mol. The molecule has 0 heterocycles. The molecule has 2 N–H and O–H groups in total. The SMILES string of the molecule is Cc1cc(O)c(P(c2ccccc2)c2c(O)cc(C)cc2C(C)(C)C)c(C(C)(C)C)c1. The van der Waals surface area contributed by atoms with Crippen LogP contribution in [0.15, 0.2) is 54.6 Å². The third-order valence-electron chi connectivity index (χ3n) is 5.55. The van der Waals surface area contributed by atoms with Crippen molar-refractivity contribution in [1.82, 2.24) is 0 Å². The summed E-state index contributed by atoms with van der Waals surface area (Å²) in [5.74, 6) is 0.611. The van der Waals surface area contributed by atoms with Crippen LogP contribution in [0.1, 0.15) is 63.8 Å². The Labute approximate surface area is 188 Å². The van der Waals surface area contributed by atoms with E-state index in [-0.39, 0.29) is 10.8 Å². The molecule has 31 heavy (non-hydrogen) atoms. The lowest BCUT2D eigenvalue weighted by Gasteiger charge is -2.33. The summed E-state index contributed by atoms with van der Waals surface area (Å²) in [6.45, 7) is 17.1. The largest absolute Gasteiger partial charge is 0.507 e. The first-order valence-corrected chi connectivity index (χ1v) is 12.2. The summed E-state index contributed by atoms with van der Waals surface area (Å²) in [7, 11) is -1.18. The Morgan fingerprint density at radius 2 is 1.00 bits per heavy atom. The molecule has 0 atom stereocenters. The van der Waals surface area contributed by atoms with E-state index in [9.17, 15) is 10.2 Å². The van der Waals surface area contributed by atoms with Crippen molar-refractivity contribution in [3.63, 3.8) is 0 Å². The van der Waals surface area contributed by atoms with E-state index in [2.05, 4.69) is 65.8 Å². The number of aryl methyl sites for hydroxylation is 2. The van der Waals surface area contributed by atoms with Crippen LogP contribution < -0.4 is 15.9 Å². The molecule has 3 aromatic carbocycles. The number of rotatable bonds is 3. The Morgan fingerprint density at radius 1 is 0.613 bits per heavy atom. The maximum atomic E-state index is 11.3. The first kappa shape index (κ1) is 23.4. The number of benzene rings is 3. The molecule has 0 aromatic heterocycles. The van der Waals surface area contributed by atoms with Crippen LogP contribution >= 0.6 is 7.92 Å². The predicted molar refractivity (Wildman–Crippen MR) is 135 cm³/mol. The second kappa shape index (κ2) is 8.32. The van der Waals surface area contributed by atoms with Crippen molar-refractivity contribution in [2.24, 2.45) is 0 Å². The number of hydrogen-bond acceptors (Lipinski definition) is 2. The lowest BCUT2D eigenvalue weighted by molar-refractivity contribution is 0.475. The predicted octanol–water partition coefficient (Wildman–Crippen LogP) is 6.07. The maximum Gasteiger partial charge on any atom is 0.124 e. The molecule has 3 aromatic rings. The van der Waals surface area contributed by atoms with Gasteiger partial charge in [-0.1, -0.05) is 84.0 Å². The summed E-state index contributed by atoms with van der Waals surface area (Å²) in [6, 6.07) is 18.4. The van der Waals surface area contributed by atoms with Crippen LogP contribution in [0.4, 0.5) is 0 Å². The molecule has 0 unspecified atom stereocenters. The van der Waals surface area contributed by atoms with Gasteiger partial charge in [0.2, 0.25) is 0 Å². The van der Waals surface area contributed by atoms with Crippen LogP contribution in [-0.2, 0) is 10.8 Å². The summed E-state index contributed by atoms with van der Waals surface area (Å²) in [5.41, 5.74) is 4.02. The molecule has 0 aliphatic heterocycles. The van der Waals surface area contributed by atoms with Crippen molar-refractivity contribution in [3.8, 4) is 11.5 Å². The Hall–Kier alpha value is -2.31. The zero-order chi connectivity index (χ0) is 23.1. The molecule has 0 bridgehead atoms. The van der Waals surface area contributed by atoms with Gasteiger partial charge < -0.3 is 10.2 Å². The average Bonchev–Trinajstić information content (AvgIpc) is 2.63. The second-order valence-electron chi connectivity index (χ2n) is 10.5. The van der Waals surface area contributed by atoms with E-state index in [0.29, 0.717) is 11.5 Å². The topological polar surface area (TPSA) is 40.5 Å². The Morgan fingerprint density at radius 3 is 1.35 bits per heavy atom. The quantitative estimate of drug-likeness (QED) is 0.491. The van der Waals surface area contributed by atoms with Crippen molar-refractivity contribution in [2.75, 3.05) is 0 Å². The lowest BCUT2D eigenvalue weighted by Crippen LogP contribution is -2.33. The zero-order valence-electron chi connectivity index (χ0n) is 20.0. The van der Waals surface area contributed by atoms with E-state index in [1.807, 2.05) is 44.2 Å². The van der Waals surface area contributed by atoms with E-state index in [1.165, 1.54) is 0 Å². The summed E-state index contributed by atoms with van der Waals surface area (Å²) < 4.78 is 0. The molecule has 0 saturated heterocycles. The van der Waals surface area contributed by atoms with Crippen LogP contribution in [0.25, 0.3) is 0 Å². The Balaban J connectivity index is 2.50. The van der Waals surface area contributed by atoms with E-state index in [1.54, 1.807) is 0 Å². The van der Waals surface area contributed by atoms with Gasteiger partial charge in [-0.2, -0.15) is 0 Å². The number of aromatic hydroxyl groups is 2. The van der Waals surface area contributed by atoms with Gasteiger partial charge in [-0.25, -0.2) is 0 Å². The Bertz CT molecular complexity index is 1020. The highest BCUT2D eigenvalue weighted by Gasteiger charge is 2.33. The monoisotopic (exact) mass is 434 g/mol. The fourth-order valence-corrected chi connectivity index (χ4v) is 7.16. The van der Waals surface area contributed by atoms with Crippen molar-refractivity contribution in [1.29, 1.82) is 0 Å². The number of phenolic OH excluding ortho intramolecular Hbond substituents is 2. The van der Waals surface area contributed by atoms with Crippen LogP contribution in [0.5, 0.6) is 11.5 Å². The van der Waals surface area contributed by atoms with E-state index < -0.39 is 7.92 Å². The fraction of sp³-hybridized carbons (Fsp3) is 0.357. The van der Waals surface area contributed by atoms with Gasteiger partial charge in [-0.05, 0) is 72.3 Å². The van der Waals surface area contributed by atoms with Gasteiger partial charge in [0.25, 0.3) is 0 Å². The summed E-state index contributed by atoms with van der Waals surface area (Å²) in [6.07, 6.45) is 0. The van der Waals surface area contributed by atoms with Gasteiger partial charge >= 0.3 is 0 Å². The van der Waals surface area contributed by atoms with E-state index in [0.717, 1.165) is 38.2 Å². The van der Waals surface area contributed by atoms with Crippen molar-refractivity contribution in [2.45, 2.75) is 66.2 Å². The molecule has 2 nitrogen and oxygen atoms in total. The molecular weight excluding hydrogens is 399 g/mol. The first-order valence-electron chi connectivity index (χ1n) is 10.8. The normalized spacial score (nSPS) is 12.4. The molecule has 0 radical (unpaired) electrons. The number of phenols is 2. The van der Waals surface area contributed by atoms with Crippen LogP contribution in [-0.4, -0.2) is 10.2 Å². The second-order valence-corrected chi connectivity index (χ2v) is 12.6. The molecule has 0 saturated carbocycles. The van der Waals surface area contributed by atoms with Crippen LogP contribution in [0.2, 0.25) is 0 Å². The summed E-state index contributed by atoms with van der Waals surface area (Å²) in [5, 5.41) is 25.6. The summed E-state index contributed by atoms with van der Waals surface area (Å²) in [4.78, 5) is 0. The lowest BCUT2D eigenvalue weighted by atomic mass is 9.85. The van der Waals surface area contributed by atoms with Crippen LogP contribution in [0.3, 0.4) is 0 Å². The molecule has 3 rings (SSSR count). The fourth-order valence-electron chi connectivity index (χ4n) is 4.08. The molecule has 164 valence electrons. The van der Waals surface area contributed by atoms with Gasteiger partial charge in [0.1, 0.15) is 11.5 Å². The first-order chi connectivity index (χ1) is 14.3. The highest BCUT2D eigenvalue weighted by Crippen LogP contribution is 2.46. The minimum Gasteiger partial charge on any atom is -0.507 e. The van der Waals surface area contributed by atoms with Crippen molar-refractivity contribution in [3.05, 3.63) is 76.9 Å². The van der Waals surface area contributed by atoms with E-state index in [4.69, 9.17) is 0 Å². The molecule has 0 aliphatic carbocycles. The molecule has 3 heteroatoms. The highest BCUT2D eigenvalue weighted by atomic mass is 31.1. The molecule has 0 amide bonds. The number of hydrogen-bond donors (Lipinski definition) is 2. The van der Waals surface area contributed by atoms with Crippen molar-refractivity contribution >= 4 is 23.8 Å². The smallest absolute Gasteiger partial charge is 0.124 e. The molecule has 0 aliphatic rings. The van der Waals surface area contributed by atoms with Gasteiger partial charge in [-0.15, -0.1) is 0 Å². The van der Waals surface area contributed by atoms with E-state index >= 15 is 0 Å². The third kappa shape index (κ3) is 4.80. The van der Waals surface area contributed by atoms with Gasteiger partial charge in [0, 0.05) is 10.6 Å². The summed E-state index contributed by atoms with van der Waals surface area (Å²) >= 11 is 0. The Kier molecular flexibility index (Phi) is 6.27. The highest BCUT2D eigenvalue weighted by molar-refractivity contribution is 7.80. The van der Waals surface area contributed by atoms with Crippen LogP contribution in [0, 0.1) is 13.8 Å². The van der Waals surface area contributed by atoms with Crippen molar-refractivity contribution < 1.29 is 10.2 Å². The standard InChI is InChI=1S/C28H35O2P/c1-18-14-21(27(3,4)5)25(23(29)16-18)31(20-12-10-9-11-13-20)26-22(28(6,7)8)15-19(2)17-24(26)30/h9-17,29-30H,1-8H3. The molecule has 0 spiro atoms. The zero-order valence-corrected chi connectivity index (χ0v) is 20.9. The minimum absolute atomic E-state index is 0.156. The van der Waals surface area contributed by atoms with Gasteiger partial charge in [0.15, 0.2) is 0 Å². The van der Waals surface area contributed by atoms with Gasteiger partial charge in [-0.3, -0.25) is 0 Å². The molecular formula is C28H35O2P.